The molecule has 0 radical (unpaired) electrons. The molecule has 0 spiro atoms. The zero-order valence-corrected chi connectivity index (χ0v) is 18.5. The summed E-state index contributed by atoms with van der Waals surface area (Å²) in [7, 11) is 0. The third-order valence-corrected chi connectivity index (χ3v) is 4.39. The molecule has 0 saturated carbocycles. The highest BCUT2D eigenvalue weighted by Gasteiger charge is 2.31. The number of halogens is 4. The van der Waals surface area contributed by atoms with Crippen molar-refractivity contribution in [3.8, 4) is 0 Å². The van der Waals surface area contributed by atoms with Gasteiger partial charge in [-0.15, -0.1) is 24.0 Å². The second kappa shape index (κ2) is 11.5. The van der Waals surface area contributed by atoms with Gasteiger partial charge in [0.25, 0.3) is 0 Å². The SMILES string of the molecule is C=C(C)CN=C(N)NCCCN1CCN(c2cccc(C(F)(F)F)c2)CC1.I. The maximum Gasteiger partial charge on any atom is 0.416 e. The smallest absolute Gasteiger partial charge is 0.370 e. The van der Waals surface area contributed by atoms with E-state index in [1.54, 1.807) is 6.07 Å². The van der Waals surface area contributed by atoms with Gasteiger partial charge < -0.3 is 16.0 Å². The number of nitrogens with two attached hydrogens (primary N) is 1. The van der Waals surface area contributed by atoms with Crippen molar-refractivity contribution in [3.05, 3.63) is 42.0 Å². The Labute approximate surface area is 181 Å². The minimum absolute atomic E-state index is 0. The minimum atomic E-state index is -4.31. The van der Waals surface area contributed by atoms with E-state index in [4.69, 9.17) is 5.73 Å². The number of aliphatic imine (C=N–C) groups is 1. The van der Waals surface area contributed by atoms with E-state index < -0.39 is 11.7 Å². The molecule has 9 heteroatoms. The van der Waals surface area contributed by atoms with Crippen molar-refractivity contribution in [2.75, 3.05) is 50.7 Å². The van der Waals surface area contributed by atoms with Gasteiger partial charge in [0, 0.05) is 38.4 Å². The summed E-state index contributed by atoms with van der Waals surface area (Å²) < 4.78 is 38.6. The Kier molecular flexibility index (Phi) is 10.1. The Morgan fingerprint density at radius 1 is 1.25 bits per heavy atom. The molecule has 1 aromatic carbocycles. The molecule has 0 amide bonds. The molecule has 0 bridgehead atoms. The maximum absolute atomic E-state index is 12.9. The molecule has 28 heavy (non-hydrogen) atoms. The molecule has 0 atom stereocenters. The zero-order chi connectivity index (χ0) is 19.9. The van der Waals surface area contributed by atoms with E-state index in [0.717, 1.165) is 57.3 Å². The summed E-state index contributed by atoms with van der Waals surface area (Å²) in [4.78, 5) is 8.48. The standard InChI is InChI=1S/C19H28F3N5.HI/c1-15(2)14-25-18(23)24-7-4-8-26-9-11-27(12-10-26)17-6-3-5-16(13-17)19(20,21)22;/h3,5-6,13H,1,4,7-12,14H2,2H3,(H3,23,24,25);1H. The fraction of sp³-hybridized carbons (Fsp3) is 0.526. The molecule has 1 saturated heterocycles. The fourth-order valence-corrected chi connectivity index (χ4v) is 2.90. The van der Waals surface area contributed by atoms with Crippen molar-refractivity contribution in [1.82, 2.24) is 10.2 Å². The first-order chi connectivity index (χ1) is 12.8. The lowest BCUT2D eigenvalue weighted by Gasteiger charge is -2.36. The number of rotatable bonds is 7. The number of nitrogens with zero attached hydrogens (tertiary/aromatic N) is 3. The number of anilines is 1. The zero-order valence-electron chi connectivity index (χ0n) is 16.1. The van der Waals surface area contributed by atoms with Crippen LogP contribution in [-0.4, -0.2) is 56.7 Å². The van der Waals surface area contributed by atoms with E-state index in [1.165, 1.54) is 12.1 Å². The van der Waals surface area contributed by atoms with Gasteiger partial charge in [0.1, 0.15) is 0 Å². The molecule has 0 aromatic heterocycles. The van der Waals surface area contributed by atoms with Crippen LogP contribution < -0.4 is 16.0 Å². The highest BCUT2D eigenvalue weighted by molar-refractivity contribution is 14.0. The van der Waals surface area contributed by atoms with E-state index in [2.05, 4.69) is 21.8 Å². The van der Waals surface area contributed by atoms with Crippen LogP contribution in [-0.2, 0) is 6.18 Å². The van der Waals surface area contributed by atoms with Gasteiger partial charge in [0.05, 0.1) is 12.1 Å². The van der Waals surface area contributed by atoms with Crippen LogP contribution in [0.1, 0.15) is 18.9 Å². The molecule has 1 aliphatic rings. The number of hydrogen-bond acceptors (Lipinski definition) is 3. The Morgan fingerprint density at radius 2 is 1.93 bits per heavy atom. The van der Waals surface area contributed by atoms with Crippen LogP contribution in [0.3, 0.4) is 0 Å². The fourth-order valence-electron chi connectivity index (χ4n) is 2.90. The molecular weight excluding hydrogens is 482 g/mol. The van der Waals surface area contributed by atoms with Gasteiger partial charge in [0.15, 0.2) is 5.96 Å². The molecule has 0 aliphatic carbocycles. The molecule has 3 N–H and O–H groups in total. The van der Waals surface area contributed by atoms with E-state index in [-0.39, 0.29) is 24.0 Å². The topological polar surface area (TPSA) is 56.9 Å². The summed E-state index contributed by atoms with van der Waals surface area (Å²) >= 11 is 0. The highest BCUT2D eigenvalue weighted by atomic mass is 127. The molecule has 1 fully saturated rings. The van der Waals surface area contributed by atoms with Crippen LogP contribution in [0.25, 0.3) is 0 Å². The average Bonchev–Trinajstić information content (AvgIpc) is 2.63. The number of piperazine rings is 1. The maximum atomic E-state index is 12.9. The summed E-state index contributed by atoms with van der Waals surface area (Å²) in [6.07, 6.45) is -3.38. The molecule has 1 aromatic rings. The molecule has 2 rings (SSSR count). The lowest BCUT2D eigenvalue weighted by atomic mass is 10.1. The van der Waals surface area contributed by atoms with Gasteiger partial charge in [-0.05, 0) is 38.1 Å². The van der Waals surface area contributed by atoms with Gasteiger partial charge in [-0.25, -0.2) is 4.99 Å². The van der Waals surface area contributed by atoms with Crippen LogP contribution in [0.5, 0.6) is 0 Å². The third-order valence-electron chi connectivity index (χ3n) is 4.39. The van der Waals surface area contributed by atoms with Crippen LogP contribution in [0.2, 0.25) is 0 Å². The lowest BCUT2D eigenvalue weighted by Crippen LogP contribution is -2.47. The predicted molar refractivity (Wildman–Crippen MR) is 119 cm³/mol. The van der Waals surface area contributed by atoms with Crippen molar-refractivity contribution < 1.29 is 13.2 Å². The van der Waals surface area contributed by atoms with Crippen LogP contribution in [0.15, 0.2) is 41.4 Å². The number of nitrogens with one attached hydrogen (secondary N) is 1. The van der Waals surface area contributed by atoms with Gasteiger partial charge in [-0.1, -0.05) is 18.2 Å². The second-order valence-electron chi connectivity index (χ2n) is 6.82. The van der Waals surface area contributed by atoms with Crippen molar-refractivity contribution in [2.45, 2.75) is 19.5 Å². The Hall–Kier alpha value is -1.49. The number of guanidine groups is 1. The normalized spacial score (nSPS) is 15.9. The largest absolute Gasteiger partial charge is 0.416 e. The number of benzene rings is 1. The molecule has 0 unspecified atom stereocenters. The molecule has 1 aliphatic heterocycles. The van der Waals surface area contributed by atoms with Crippen molar-refractivity contribution in [1.29, 1.82) is 0 Å². The van der Waals surface area contributed by atoms with Gasteiger partial charge in [-0.2, -0.15) is 13.2 Å². The summed E-state index contributed by atoms with van der Waals surface area (Å²) in [6.45, 7) is 10.9. The van der Waals surface area contributed by atoms with Crippen molar-refractivity contribution in [3.63, 3.8) is 0 Å². The third kappa shape index (κ3) is 8.26. The van der Waals surface area contributed by atoms with E-state index in [9.17, 15) is 13.2 Å². The van der Waals surface area contributed by atoms with E-state index in [1.807, 2.05) is 11.8 Å². The number of alkyl halides is 3. The Balaban J connectivity index is 0.00000392. The predicted octanol–water partition coefficient (Wildman–Crippen LogP) is 3.32. The number of hydrogen-bond donors (Lipinski definition) is 2. The van der Waals surface area contributed by atoms with Crippen molar-refractivity contribution >= 4 is 35.6 Å². The quantitative estimate of drug-likeness (QED) is 0.194. The van der Waals surface area contributed by atoms with Gasteiger partial charge >= 0.3 is 6.18 Å². The minimum Gasteiger partial charge on any atom is -0.370 e. The summed E-state index contributed by atoms with van der Waals surface area (Å²) in [5, 5.41) is 3.08. The monoisotopic (exact) mass is 511 g/mol. The molecule has 5 nitrogen and oxygen atoms in total. The molecule has 1 heterocycles. The molecular formula is C19H29F3IN5. The summed E-state index contributed by atoms with van der Waals surface area (Å²) in [5.74, 6) is 0.423. The Morgan fingerprint density at radius 3 is 2.54 bits per heavy atom. The van der Waals surface area contributed by atoms with Crippen LogP contribution in [0.4, 0.5) is 18.9 Å². The Bertz CT molecular complexity index is 655. The van der Waals surface area contributed by atoms with Gasteiger partial charge in [0.2, 0.25) is 0 Å². The van der Waals surface area contributed by atoms with Crippen molar-refractivity contribution in [2.24, 2.45) is 10.7 Å². The lowest BCUT2D eigenvalue weighted by molar-refractivity contribution is -0.137. The molecule has 158 valence electrons. The summed E-state index contributed by atoms with van der Waals surface area (Å²) in [5.41, 5.74) is 6.76. The second-order valence-corrected chi connectivity index (χ2v) is 6.82. The van der Waals surface area contributed by atoms with Crippen LogP contribution in [0, 0.1) is 0 Å². The first kappa shape index (κ1) is 24.5. The van der Waals surface area contributed by atoms with E-state index >= 15 is 0 Å². The first-order valence-electron chi connectivity index (χ1n) is 9.08. The highest BCUT2D eigenvalue weighted by Crippen LogP contribution is 2.31. The van der Waals surface area contributed by atoms with Crippen LogP contribution >= 0.6 is 24.0 Å². The average molecular weight is 511 g/mol. The van der Waals surface area contributed by atoms with Gasteiger partial charge in [-0.3, -0.25) is 4.90 Å². The summed E-state index contributed by atoms with van der Waals surface area (Å²) in [6, 6.07) is 5.54. The first-order valence-corrected chi connectivity index (χ1v) is 9.08. The van der Waals surface area contributed by atoms with E-state index in [0.29, 0.717) is 18.2 Å².